The van der Waals surface area contributed by atoms with E-state index in [0.29, 0.717) is 11.3 Å². The number of unbranched alkanes of at least 4 members (excludes halogenated alkanes) is 1. The summed E-state index contributed by atoms with van der Waals surface area (Å²) in [5.74, 6) is 1.55. The smallest absolute Gasteiger partial charge is 0.257 e. The number of nitrogens with zero attached hydrogens (tertiary/aromatic N) is 1. The van der Waals surface area contributed by atoms with Gasteiger partial charge in [0.05, 0.1) is 5.56 Å². The maximum absolute atomic E-state index is 12.0. The van der Waals surface area contributed by atoms with Crippen molar-refractivity contribution in [3.05, 3.63) is 23.2 Å². The number of amides is 1. The van der Waals surface area contributed by atoms with Crippen molar-refractivity contribution in [3.63, 3.8) is 0 Å². The van der Waals surface area contributed by atoms with Crippen molar-refractivity contribution in [2.75, 3.05) is 13.6 Å². The van der Waals surface area contributed by atoms with E-state index in [4.69, 9.17) is 4.42 Å². The van der Waals surface area contributed by atoms with Crippen LogP contribution in [0.2, 0.25) is 0 Å². The Morgan fingerprint density at radius 3 is 2.60 bits per heavy atom. The van der Waals surface area contributed by atoms with Crippen LogP contribution in [0.4, 0.5) is 0 Å². The zero-order chi connectivity index (χ0) is 11.4. The topological polar surface area (TPSA) is 33.5 Å². The minimum Gasteiger partial charge on any atom is -0.466 e. The van der Waals surface area contributed by atoms with Gasteiger partial charge < -0.3 is 9.32 Å². The molecule has 0 atom stereocenters. The molecule has 3 heteroatoms. The summed E-state index contributed by atoms with van der Waals surface area (Å²) in [6, 6.07) is 1.81. The van der Waals surface area contributed by atoms with Gasteiger partial charge in [0.2, 0.25) is 0 Å². The largest absolute Gasteiger partial charge is 0.466 e. The molecule has 1 aromatic rings. The first-order chi connectivity index (χ1) is 7.06. The fourth-order valence-electron chi connectivity index (χ4n) is 1.55. The van der Waals surface area contributed by atoms with Crippen LogP contribution in [0.25, 0.3) is 0 Å². The minimum absolute atomic E-state index is 0.0535. The molecule has 1 rings (SSSR count). The van der Waals surface area contributed by atoms with Crippen molar-refractivity contribution in [1.29, 1.82) is 0 Å². The van der Waals surface area contributed by atoms with Crippen LogP contribution >= 0.6 is 0 Å². The number of rotatable bonds is 4. The van der Waals surface area contributed by atoms with Crippen LogP contribution in [0.1, 0.15) is 41.6 Å². The van der Waals surface area contributed by atoms with Gasteiger partial charge in [-0.25, -0.2) is 0 Å². The second kappa shape index (κ2) is 5.01. The van der Waals surface area contributed by atoms with Crippen LogP contribution in [-0.4, -0.2) is 24.4 Å². The van der Waals surface area contributed by atoms with E-state index in [9.17, 15) is 4.79 Å². The molecule has 0 radical (unpaired) electrons. The van der Waals surface area contributed by atoms with E-state index in [1.165, 1.54) is 0 Å². The first-order valence-electron chi connectivity index (χ1n) is 5.38. The van der Waals surface area contributed by atoms with Gasteiger partial charge in [-0.15, -0.1) is 0 Å². The monoisotopic (exact) mass is 209 g/mol. The minimum atomic E-state index is 0.0535. The molecule has 1 amide bonds. The van der Waals surface area contributed by atoms with E-state index in [1.807, 2.05) is 20.9 Å². The summed E-state index contributed by atoms with van der Waals surface area (Å²) < 4.78 is 5.34. The Balaban J connectivity index is 2.71. The lowest BCUT2D eigenvalue weighted by atomic mass is 10.2. The van der Waals surface area contributed by atoms with Crippen molar-refractivity contribution in [2.45, 2.75) is 33.6 Å². The number of carbonyl (C=O) groups excluding carboxylic acids is 1. The van der Waals surface area contributed by atoms with Crippen LogP contribution in [0.5, 0.6) is 0 Å². The molecule has 0 bridgehead atoms. The van der Waals surface area contributed by atoms with Crippen molar-refractivity contribution in [3.8, 4) is 0 Å². The number of hydrogen-bond acceptors (Lipinski definition) is 2. The van der Waals surface area contributed by atoms with Gasteiger partial charge >= 0.3 is 0 Å². The molecule has 0 aliphatic heterocycles. The molecule has 1 heterocycles. The van der Waals surface area contributed by atoms with E-state index in [1.54, 1.807) is 11.0 Å². The summed E-state index contributed by atoms with van der Waals surface area (Å²) in [5, 5.41) is 0. The van der Waals surface area contributed by atoms with Gasteiger partial charge in [0.1, 0.15) is 11.5 Å². The third-order valence-electron chi connectivity index (χ3n) is 2.47. The Labute approximate surface area is 91.1 Å². The molecule has 0 unspecified atom stereocenters. The SMILES string of the molecule is CCCCN(C)C(=O)c1cc(C)oc1C. The predicted octanol–water partition coefficient (Wildman–Crippen LogP) is 2.77. The maximum Gasteiger partial charge on any atom is 0.257 e. The molecule has 0 spiro atoms. The molecule has 0 aliphatic rings. The number of hydrogen-bond donors (Lipinski definition) is 0. The van der Waals surface area contributed by atoms with Gasteiger partial charge in [0.25, 0.3) is 5.91 Å². The zero-order valence-corrected chi connectivity index (χ0v) is 9.96. The van der Waals surface area contributed by atoms with Crippen molar-refractivity contribution in [2.24, 2.45) is 0 Å². The Bertz CT molecular complexity index is 341. The highest BCUT2D eigenvalue weighted by Crippen LogP contribution is 2.15. The molecule has 3 nitrogen and oxygen atoms in total. The lowest BCUT2D eigenvalue weighted by Crippen LogP contribution is -2.27. The molecule has 15 heavy (non-hydrogen) atoms. The molecule has 0 fully saturated rings. The van der Waals surface area contributed by atoms with Crippen molar-refractivity contribution < 1.29 is 9.21 Å². The third-order valence-corrected chi connectivity index (χ3v) is 2.47. The summed E-state index contributed by atoms with van der Waals surface area (Å²) >= 11 is 0. The standard InChI is InChI=1S/C12H19NO2/c1-5-6-7-13(4)12(14)11-8-9(2)15-10(11)3/h8H,5-7H2,1-4H3. The lowest BCUT2D eigenvalue weighted by Gasteiger charge is -2.15. The van der Waals surface area contributed by atoms with Crippen LogP contribution in [0, 0.1) is 13.8 Å². The molecule has 84 valence electrons. The molecule has 0 aliphatic carbocycles. The van der Waals surface area contributed by atoms with Gasteiger partial charge in [-0.3, -0.25) is 4.79 Å². The van der Waals surface area contributed by atoms with Crippen LogP contribution in [0.15, 0.2) is 10.5 Å². The Kier molecular flexibility index (Phi) is 3.95. The zero-order valence-electron chi connectivity index (χ0n) is 9.96. The van der Waals surface area contributed by atoms with Crippen molar-refractivity contribution in [1.82, 2.24) is 4.90 Å². The van der Waals surface area contributed by atoms with Crippen molar-refractivity contribution >= 4 is 5.91 Å². The van der Waals surface area contributed by atoms with Gasteiger partial charge in [-0.1, -0.05) is 13.3 Å². The average molecular weight is 209 g/mol. The van der Waals surface area contributed by atoms with E-state index in [2.05, 4.69) is 6.92 Å². The summed E-state index contributed by atoms with van der Waals surface area (Å²) in [6.45, 7) is 6.61. The van der Waals surface area contributed by atoms with E-state index in [-0.39, 0.29) is 5.91 Å². The molecular formula is C12H19NO2. The molecule has 0 aromatic carbocycles. The quantitative estimate of drug-likeness (QED) is 0.764. The number of aryl methyl sites for hydroxylation is 2. The van der Waals surface area contributed by atoms with Gasteiger partial charge in [-0.05, 0) is 26.3 Å². The fraction of sp³-hybridized carbons (Fsp3) is 0.583. The highest BCUT2D eigenvalue weighted by Gasteiger charge is 2.16. The fourth-order valence-corrected chi connectivity index (χ4v) is 1.55. The molecular weight excluding hydrogens is 190 g/mol. The normalized spacial score (nSPS) is 10.4. The molecule has 1 aromatic heterocycles. The maximum atomic E-state index is 12.0. The Hall–Kier alpha value is -1.25. The summed E-state index contributed by atoms with van der Waals surface area (Å²) in [6.07, 6.45) is 2.14. The average Bonchev–Trinajstić information content (AvgIpc) is 2.53. The van der Waals surface area contributed by atoms with Gasteiger partial charge in [0.15, 0.2) is 0 Å². The first-order valence-corrected chi connectivity index (χ1v) is 5.38. The summed E-state index contributed by atoms with van der Waals surface area (Å²) in [5.41, 5.74) is 0.686. The second-order valence-corrected chi connectivity index (χ2v) is 3.91. The van der Waals surface area contributed by atoms with Crippen LogP contribution in [-0.2, 0) is 0 Å². The third kappa shape index (κ3) is 2.85. The van der Waals surface area contributed by atoms with Gasteiger partial charge in [0, 0.05) is 13.6 Å². The Morgan fingerprint density at radius 1 is 1.47 bits per heavy atom. The number of carbonyl (C=O) groups is 1. The highest BCUT2D eigenvalue weighted by atomic mass is 16.3. The predicted molar refractivity (Wildman–Crippen MR) is 60.1 cm³/mol. The van der Waals surface area contributed by atoms with E-state index in [0.717, 1.165) is 25.1 Å². The molecule has 0 saturated heterocycles. The van der Waals surface area contributed by atoms with E-state index < -0.39 is 0 Å². The number of furan rings is 1. The summed E-state index contributed by atoms with van der Waals surface area (Å²) in [4.78, 5) is 13.7. The first kappa shape index (κ1) is 11.8. The van der Waals surface area contributed by atoms with Gasteiger partial charge in [-0.2, -0.15) is 0 Å². The molecule has 0 N–H and O–H groups in total. The Morgan fingerprint density at radius 2 is 2.13 bits per heavy atom. The van der Waals surface area contributed by atoms with Crippen LogP contribution in [0.3, 0.4) is 0 Å². The van der Waals surface area contributed by atoms with E-state index >= 15 is 0 Å². The molecule has 0 saturated carbocycles. The lowest BCUT2D eigenvalue weighted by molar-refractivity contribution is 0.0791. The summed E-state index contributed by atoms with van der Waals surface area (Å²) in [7, 11) is 1.83. The van der Waals surface area contributed by atoms with Crippen LogP contribution < -0.4 is 0 Å². The second-order valence-electron chi connectivity index (χ2n) is 3.91. The highest BCUT2D eigenvalue weighted by molar-refractivity contribution is 5.95.